The molecule has 0 aromatic rings. The second-order valence-electron chi connectivity index (χ2n) is 4.85. The van der Waals surface area contributed by atoms with Crippen LogP contribution >= 0.6 is 0 Å². The van der Waals surface area contributed by atoms with E-state index in [0.717, 1.165) is 0 Å². The lowest BCUT2D eigenvalue weighted by atomic mass is 10.2. The summed E-state index contributed by atoms with van der Waals surface area (Å²) in [5, 5.41) is 14.4. The topological polar surface area (TPSA) is 61.4 Å². The van der Waals surface area contributed by atoms with Gasteiger partial charge in [-0.05, 0) is 40.7 Å². The summed E-state index contributed by atoms with van der Waals surface area (Å²) in [6.07, 6.45) is 2.74. The molecule has 0 aliphatic carbocycles. The first kappa shape index (κ1) is 15.9. The fourth-order valence-corrected chi connectivity index (χ4v) is 1.14. The fourth-order valence-electron chi connectivity index (χ4n) is 1.14. The van der Waals surface area contributed by atoms with E-state index in [9.17, 15) is 10.0 Å². The number of nitrogens with one attached hydrogen (secondary N) is 1. The first-order valence-corrected chi connectivity index (χ1v) is 5.94. The Morgan fingerprint density at radius 2 is 1.88 bits per heavy atom. The third-order valence-electron chi connectivity index (χ3n) is 2.21. The highest BCUT2D eigenvalue weighted by Gasteiger charge is 2.15. The molecule has 5 nitrogen and oxygen atoms in total. The minimum Gasteiger partial charge on any atom is -0.628 e. The van der Waals surface area contributed by atoms with Crippen molar-refractivity contribution in [2.75, 3.05) is 19.6 Å². The van der Waals surface area contributed by atoms with Crippen molar-refractivity contribution in [3.8, 4) is 0 Å². The molecule has 0 radical (unpaired) electrons. The van der Waals surface area contributed by atoms with E-state index < -0.39 is 11.7 Å². The first-order valence-electron chi connectivity index (χ1n) is 5.94. The van der Waals surface area contributed by atoms with Gasteiger partial charge in [-0.3, -0.25) is 0 Å². The predicted octanol–water partition coefficient (Wildman–Crippen LogP) is 2.38. The number of amides is 1. The molecule has 0 aliphatic rings. The maximum absolute atomic E-state index is 11.8. The molecule has 0 spiro atoms. The largest absolute Gasteiger partial charge is 0.628 e. The Morgan fingerprint density at radius 3 is 2.29 bits per heavy atom. The standard InChI is InChI=1S/C12H24N2O3/c1-6-14(16,7-2)10-8-9-13-11(15)17-12(3,4)5/h8,10H,6-7,9H2,1-5H3,(H,13,15)/b10-8+. The SMILES string of the molecule is CC[N+]([O-])(/C=C/CNC(=O)OC(C)(C)C)CC. The number of carbonyl (C=O) groups is 1. The lowest BCUT2D eigenvalue weighted by molar-refractivity contribution is -0.825. The van der Waals surface area contributed by atoms with Gasteiger partial charge in [0.15, 0.2) is 0 Å². The van der Waals surface area contributed by atoms with Crippen molar-refractivity contribution in [3.05, 3.63) is 17.5 Å². The molecule has 17 heavy (non-hydrogen) atoms. The molecule has 0 atom stereocenters. The summed E-state index contributed by atoms with van der Waals surface area (Å²) in [5.74, 6) is 0. The van der Waals surface area contributed by atoms with Crippen LogP contribution in [0.3, 0.4) is 0 Å². The molecule has 1 N–H and O–H groups in total. The van der Waals surface area contributed by atoms with Gasteiger partial charge in [0.25, 0.3) is 0 Å². The monoisotopic (exact) mass is 244 g/mol. The van der Waals surface area contributed by atoms with Crippen LogP contribution in [0.1, 0.15) is 34.6 Å². The second kappa shape index (κ2) is 6.61. The van der Waals surface area contributed by atoms with Crippen LogP contribution in [-0.4, -0.2) is 36.0 Å². The summed E-state index contributed by atoms with van der Waals surface area (Å²) in [6, 6.07) is 0. The van der Waals surface area contributed by atoms with Gasteiger partial charge in [-0.1, -0.05) is 0 Å². The number of hydrogen-bond donors (Lipinski definition) is 1. The van der Waals surface area contributed by atoms with Crippen LogP contribution in [0.2, 0.25) is 0 Å². The van der Waals surface area contributed by atoms with E-state index in [1.807, 2.05) is 13.8 Å². The van der Waals surface area contributed by atoms with Gasteiger partial charge in [-0.2, -0.15) is 0 Å². The smallest absolute Gasteiger partial charge is 0.407 e. The Balaban J connectivity index is 3.99. The Kier molecular flexibility index (Phi) is 6.20. The number of hydrogen-bond acceptors (Lipinski definition) is 3. The zero-order valence-corrected chi connectivity index (χ0v) is 11.4. The van der Waals surface area contributed by atoms with Gasteiger partial charge in [0.1, 0.15) is 5.60 Å². The van der Waals surface area contributed by atoms with Crippen molar-refractivity contribution < 1.29 is 14.2 Å². The van der Waals surface area contributed by atoms with Crippen LogP contribution in [0.5, 0.6) is 0 Å². The molecule has 0 unspecified atom stereocenters. The zero-order valence-electron chi connectivity index (χ0n) is 11.4. The van der Waals surface area contributed by atoms with Gasteiger partial charge in [0, 0.05) is 6.54 Å². The minimum atomic E-state index is -0.501. The summed E-state index contributed by atoms with van der Waals surface area (Å²) in [7, 11) is 0. The second-order valence-corrected chi connectivity index (χ2v) is 4.85. The Morgan fingerprint density at radius 1 is 1.35 bits per heavy atom. The van der Waals surface area contributed by atoms with Crippen molar-refractivity contribution in [1.82, 2.24) is 5.32 Å². The van der Waals surface area contributed by atoms with Gasteiger partial charge >= 0.3 is 6.09 Å². The number of rotatable bonds is 5. The van der Waals surface area contributed by atoms with E-state index in [1.165, 1.54) is 0 Å². The van der Waals surface area contributed by atoms with E-state index in [1.54, 1.807) is 33.0 Å². The number of quaternary nitrogens is 1. The maximum Gasteiger partial charge on any atom is 0.407 e. The minimum absolute atomic E-state index is 0.303. The van der Waals surface area contributed by atoms with E-state index in [2.05, 4.69) is 5.32 Å². The lowest BCUT2D eigenvalue weighted by Crippen LogP contribution is -2.36. The van der Waals surface area contributed by atoms with Crippen LogP contribution < -0.4 is 5.32 Å². The highest BCUT2D eigenvalue weighted by atomic mass is 16.6. The number of nitrogens with zero attached hydrogens (tertiary/aromatic N) is 1. The molecule has 0 saturated heterocycles. The Hall–Kier alpha value is -1.07. The molecule has 0 aromatic carbocycles. The Bertz CT molecular complexity index is 265. The van der Waals surface area contributed by atoms with Gasteiger partial charge in [0.2, 0.25) is 0 Å². The van der Waals surface area contributed by atoms with Crippen LogP contribution in [0.25, 0.3) is 0 Å². The van der Waals surface area contributed by atoms with Crippen molar-refractivity contribution in [2.45, 2.75) is 40.2 Å². The van der Waals surface area contributed by atoms with Crippen molar-refractivity contribution >= 4 is 6.09 Å². The predicted molar refractivity (Wildman–Crippen MR) is 68.1 cm³/mol. The average molecular weight is 244 g/mol. The molecule has 0 heterocycles. The number of alkyl carbamates (subject to hydrolysis) is 1. The average Bonchev–Trinajstić information content (AvgIpc) is 2.21. The van der Waals surface area contributed by atoms with Gasteiger partial charge in [-0.25, -0.2) is 4.79 Å². The summed E-state index contributed by atoms with van der Waals surface area (Å²) < 4.78 is 4.68. The normalized spacial score (nSPS) is 12.8. The van der Waals surface area contributed by atoms with Gasteiger partial charge in [0.05, 0.1) is 19.3 Å². The van der Waals surface area contributed by atoms with Gasteiger partial charge in [-0.15, -0.1) is 0 Å². The molecule has 0 bridgehead atoms. The summed E-state index contributed by atoms with van der Waals surface area (Å²) in [6.45, 7) is 10.3. The first-order chi connectivity index (χ1) is 7.72. The number of ether oxygens (including phenoxy) is 1. The van der Waals surface area contributed by atoms with Crippen molar-refractivity contribution in [3.63, 3.8) is 0 Å². The lowest BCUT2D eigenvalue weighted by Gasteiger charge is -2.36. The van der Waals surface area contributed by atoms with Crippen LogP contribution in [0.15, 0.2) is 12.3 Å². The van der Waals surface area contributed by atoms with Crippen LogP contribution in [0, 0.1) is 5.21 Å². The maximum atomic E-state index is 11.8. The summed E-state index contributed by atoms with van der Waals surface area (Å²) in [4.78, 5) is 11.3. The quantitative estimate of drug-likeness (QED) is 0.596. The van der Waals surface area contributed by atoms with Crippen LogP contribution in [0.4, 0.5) is 4.79 Å². The zero-order chi connectivity index (χ0) is 13.5. The Labute approximate surface area is 104 Å². The third-order valence-corrected chi connectivity index (χ3v) is 2.21. The molecule has 100 valence electrons. The summed E-state index contributed by atoms with van der Waals surface area (Å²) in [5.41, 5.74) is -0.501. The number of carbonyl (C=O) groups excluding carboxylic acids is 1. The molecule has 5 heteroatoms. The molecule has 0 rings (SSSR count). The van der Waals surface area contributed by atoms with E-state index in [0.29, 0.717) is 19.6 Å². The van der Waals surface area contributed by atoms with E-state index in [4.69, 9.17) is 4.74 Å². The van der Waals surface area contributed by atoms with Crippen molar-refractivity contribution in [2.24, 2.45) is 0 Å². The highest BCUT2D eigenvalue weighted by molar-refractivity contribution is 5.67. The molecular weight excluding hydrogens is 220 g/mol. The van der Waals surface area contributed by atoms with E-state index >= 15 is 0 Å². The van der Waals surface area contributed by atoms with Crippen LogP contribution in [-0.2, 0) is 4.74 Å². The highest BCUT2D eigenvalue weighted by Crippen LogP contribution is 2.06. The number of hydroxylamine groups is 3. The fraction of sp³-hybridized carbons (Fsp3) is 0.750. The molecule has 0 aromatic heterocycles. The third kappa shape index (κ3) is 7.76. The van der Waals surface area contributed by atoms with Crippen molar-refractivity contribution in [1.29, 1.82) is 0 Å². The molecule has 1 amide bonds. The summed E-state index contributed by atoms with van der Waals surface area (Å²) >= 11 is 0. The molecule has 0 aliphatic heterocycles. The molecule has 0 fully saturated rings. The van der Waals surface area contributed by atoms with Gasteiger partial charge < -0.3 is 19.9 Å². The molecular formula is C12H24N2O3. The molecule has 0 saturated carbocycles. The van der Waals surface area contributed by atoms with E-state index in [-0.39, 0.29) is 4.65 Å².